The monoisotopic (exact) mass is 373 g/mol. The molecule has 0 aromatic heterocycles. The smallest absolute Gasteiger partial charge is 0.238 e. The highest BCUT2D eigenvalue weighted by molar-refractivity contribution is 6.30. The van der Waals surface area contributed by atoms with Crippen molar-refractivity contribution < 1.29 is 9.53 Å². The van der Waals surface area contributed by atoms with Crippen LogP contribution in [-0.4, -0.2) is 55.5 Å². The summed E-state index contributed by atoms with van der Waals surface area (Å²) >= 11 is 5.88. The van der Waals surface area contributed by atoms with Crippen molar-refractivity contribution in [3.8, 4) is 5.75 Å². The molecule has 1 saturated heterocycles. The Morgan fingerprint density at radius 3 is 2.35 bits per heavy atom. The van der Waals surface area contributed by atoms with Crippen LogP contribution in [0.15, 0.2) is 48.5 Å². The van der Waals surface area contributed by atoms with E-state index >= 15 is 0 Å². The first kappa shape index (κ1) is 18.7. The maximum absolute atomic E-state index is 12.2. The van der Waals surface area contributed by atoms with E-state index in [1.807, 2.05) is 48.5 Å². The zero-order valence-electron chi connectivity index (χ0n) is 15.0. The normalized spacial score (nSPS) is 15.6. The summed E-state index contributed by atoms with van der Waals surface area (Å²) in [5.74, 6) is 0.779. The van der Waals surface area contributed by atoms with Crippen LogP contribution in [0.3, 0.4) is 0 Å². The van der Waals surface area contributed by atoms with Gasteiger partial charge in [0.1, 0.15) is 12.4 Å². The second kappa shape index (κ2) is 9.03. The van der Waals surface area contributed by atoms with Crippen LogP contribution in [0.5, 0.6) is 5.75 Å². The molecule has 0 saturated carbocycles. The van der Waals surface area contributed by atoms with Gasteiger partial charge in [0.25, 0.3) is 0 Å². The fourth-order valence-corrected chi connectivity index (χ4v) is 2.92. The molecule has 0 aliphatic carbocycles. The van der Waals surface area contributed by atoms with Crippen molar-refractivity contribution in [3.05, 3.63) is 59.1 Å². The number of nitrogens with one attached hydrogen (secondary N) is 1. The first-order chi connectivity index (χ1) is 12.6. The number of anilines is 1. The topological polar surface area (TPSA) is 44.8 Å². The maximum atomic E-state index is 12.2. The number of carbonyl (C=O) groups is 1. The van der Waals surface area contributed by atoms with Gasteiger partial charge in [-0.25, -0.2) is 0 Å². The molecule has 0 atom stereocenters. The van der Waals surface area contributed by atoms with Crippen molar-refractivity contribution in [1.29, 1.82) is 0 Å². The Morgan fingerprint density at radius 2 is 1.69 bits per heavy atom. The summed E-state index contributed by atoms with van der Waals surface area (Å²) < 4.78 is 5.75. The first-order valence-corrected chi connectivity index (χ1v) is 9.14. The van der Waals surface area contributed by atoms with E-state index in [-0.39, 0.29) is 5.91 Å². The van der Waals surface area contributed by atoms with E-state index in [1.54, 1.807) is 0 Å². The molecule has 5 nitrogen and oxygen atoms in total. The molecule has 6 heteroatoms. The Morgan fingerprint density at radius 1 is 1.04 bits per heavy atom. The number of benzene rings is 2. The molecule has 1 aliphatic rings. The standard InChI is InChI=1S/C20H24ClN3O2/c1-23-10-12-24(13-11-23)14-20(25)22-18-6-8-19(9-7-18)26-15-16-2-4-17(21)5-3-16/h2-9H,10-15H2,1H3,(H,22,25). The van der Waals surface area contributed by atoms with Crippen molar-refractivity contribution in [2.45, 2.75) is 6.61 Å². The van der Waals surface area contributed by atoms with E-state index < -0.39 is 0 Å². The van der Waals surface area contributed by atoms with Crippen LogP contribution in [0.4, 0.5) is 5.69 Å². The lowest BCUT2D eigenvalue weighted by molar-refractivity contribution is -0.117. The van der Waals surface area contributed by atoms with Crippen molar-refractivity contribution in [1.82, 2.24) is 9.80 Å². The zero-order valence-corrected chi connectivity index (χ0v) is 15.7. The molecule has 0 radical (unpaired) electrons. The number of ether oxygens (including phenoxy) is 1. The lowest BCUT2D eigenvalue weighted by atomic mass is 10.2. The van der Waals surface area contributed by atoms with E-state index in [0.717, 1.165) is 43.2 Å². The number of likely N-dealkylation sites (N-methyl/N-ethyl adjacent to an activating group) is 1. The Kier molecular flexibility index (Phi) is 6.50. The van der Waals surface area contributed by atoms with Gasteiger partial charge in [0.2, 0.25) is 5.91 Å². The average molecular weight is 374 g/mol. The number of piperazine rings is 1. The van der Waals surface area contributed by atoms with Crippen LogP contribution >= 0.6 is 11.6 Å². The summed E-state index contributed by atoms with van der Waals surface area (Å²) in [5.41, 5.74) is 1.84. The predicted molar refractivity (Wildman–Crippen MR) is 105 cm³/mol. The quantitative estimate of drug-likeness (QED) is 0.845. The van der Waals surface area contributed by atoms with Gasteiger partial charge in [-0.3, -0.25) is 9.69 Å². The minimum absolute atomic E-state index is 0.0179. The third-order valence-corrected chi connectivity index (χ3v) is 4.67. The van der Waals surface area contributed by atoms with Crippen LogP contribution in [0, 0.1) is 0 Å². The lowest BCUT2D eigenvalue weighted by Gasteiger charge is -2.31. The summed E-state index contributed by atoms with van der Waals surface area (Å²) in [5, 5.41) is 3.66. The number of halogens is 1. The number of carbonyl (C=O) groups excluding carboxylic acids is 1. The third-order valence-electron chi connectivity index (χ3n) is 4.42. The molecule has 0 bridgehead atoms. The summed E-state index contributed by atoms with van der Waals surface area (Å²) in [6, 6.07) is 15.0. The Bertz CT molecular complexity index is 711. The molecule has 2 aromatic carbocycles. The highest BCUT2D eigenvalue weighted by Gasteiger charge is 2.16. The van der Waals surface area contributed by atoms with Crippen LogP contribution in [-0.2, 0) is 11.4 Å². The maximum Gasteiger partial charge on any atom is 0.238 e. The summed E-state index contributed by atoms with van der Waals surface area (Å²) in [6.07, 6.45) is 0. The molecule has 138 valence electrons. The van der Waals surface area contributed by atoms with Crippen molar-refractivity contribution in [3.63, 3.8) is 0 Å². The van der Waals surface area contributed by atoms with E-state index in [2.05, 4.69) is 22.2 Å². The van der Waals surface area contributed by atoms with Crippen LogP contribution in [0.25, 0.3) is 0 Å². The largest absolute Gasteiger partial charge is 0.489 e. The Balaban J connectivity index is 1.45. The molecular formula is C20H24ClN3O2. The minimum Gasteiger partial charge on any atom is -0.489 e. The molecule has 1 aliphatic heterocycles. The molecule has 0 unspecified atom stereocenters. The van der Waals surface area contributed by atoms with E-state index in [0.29, 0.717) is 18.2 Å². The van der Waals surface area contributed by atoms with Crippen LogP contribution in [0.2, 0.25) is 5.02 Å². The fourth-order valence-electron chi connectivity index (χ4n) is 2.79. The predicted octanol–water partition coefficient (Wildman–Crippen LogP) is 3.10. The van der Waals surface area contributed by atoms with Crippen molar-refractivity contribution in [2.24, 2.45) is 0 Å². The molecule has 0 spiro atoms. The van der Waals surface area contributed by atoms with E-state index in [1.165, 1.54) is 0 Å². The van der Waals surface area contributed by atoms with Gasteiger partial charge in [-0.05, 0) is 49.0 Å². The third kappa shape index (κ3) is 5.73. The molecule has 26 heavy (non-hydrogen) atoms. The zero-order chi connectivity index (χ0) is 18.4. The van der Waals surface area contributed by atoms with Gasteiger partial charge in [0, 0.05) is 36.9 Å². The minimum atomic E-state index is 0.0179. The van der Waals surface area contributed by atoms with E-state index in [9.17, 15) is 4.79 Å². The summed E-state index contributed by atoms with van der Waals surface area (Å²) in [7, 11) is 2.11. The summed E-state index contributed by atoms with van der Waals surface area (Å²) in [6.45, 7) is 4.79. The lowest BCUT2D eigenvalue weighted by Crippen LogP contribution is -2.47. The molecule has 1 fully saturated rings. The number of hydrogen-bond acceptors (Lipinski definition) is 4. The Labute approximate surface area is 159 Å². The van der Waals surface area contributed by atoms with Gasteiger partial charge in [-0.15, -0.1) is 0 Å². The molecule has 1 heterocycles. The van der Waals surface area contributed by atoms with E-state index in [4.69, 9.17) is 16.3 Å². The number of hydrogen-bond donors (Lipinski definition) is 1. The number of amides is 1. The van der Waals surface area contributed by atoms with Crippen LogP contribution in [0.1, 0.15) is 5.56 Å². The Hall–Kier alpha value is -2.08. The van der Waals surface area contributed by atoms with Crippen molar-refractivity contribution >= 4 is 23.2 Å². The number of rotatable bonds is 6. The summed E-state index contributed by atoms with van der Waals surface area (Å²) in [4.78, 5) is 16.6. The highest BCUT2D eigenvalue weighted by Crippen LogP contribution is 2.18. The van der Waals surface area contributed by atoms with Gasteiger partial charge in [0.05, 0.1) is 6.54 Å². The first-order valence-electron chi connectivity index (χ1n) is 8.76. The van der Waals surface area contributed by atoms with Gasteiger partial charge in [0.15, 0.2) is 0 Å². The van der Waals surface area contributed by atoms with Gasteiger partial charge >= 0.3 is 0 Å². The fraction of sp³-hybridized carbons (Fsp3) is 0.350. The highest BCUT2D eigenvalue weighted by atomic mass is 35.5. The van der Waals surface area contributed by atoms with Gasteiger partial charge < -0.3 is 15.0 Å². The SMILES string of the molecule is CN1CCN(CC(=O)Nc2ccc(OCc3ccc(Cl)cc3)cc2)CC1. The second-order valence-corrected chi connectivity index (χ2v) is 7.00. The molecule has 3 rings (SSSR count). The molecule has 1 N–H and O–H groups in total. The molecule has 1 amide bonds. The number of nitrogens with zero attached hydrogens (tertiary/aromatic N) is 2. The van der Waals surface area contributed by atoms with Crippen LogP contribution < -0.4 is 10.1 Å². The van der Waals surface area contributed by atoms with Gasteiger partial charge in [-0.2, -0.15) is 0 Å². The average Bonchev–Trinajstić information content (AvgIpc) is 2.64. The van der Waals surface area contributed by atoms with Gasteiger partial charge in [-0.1, -0.05) is 23.7 Å². The molecular weight excluding hydrogens is 350 g/mol. The second-order valence-electron chi connectivity index (χ2n) is 6.57. The van der Waals surface area contributed by atoms with Crippen molar-refractivity contribution in [2.75, 3.05) is 45.1 Å². The molecule has 2 aromatic rings.